The molecule has 1 heterocycles. The monoisotopic (exact) mass is 258 g/mol. The van der Waals surface area contributed by atoms with Crippen LogP contribution in [0, 0.1) is 0 Å². The second kappa shape index (κ2) is 6.04. The molecule has 0 spiro atoms. The van der Waals surface area contributed by atoms with E-state index in [0.29, 0.717) is 12.1 Å². The van der Waals surface area contributed by atoms with Crippen LogP contribution in [0.3, 0.4) is 0 Å². The number of aryl methyl sites for hydroxylation is 1. The van der Waals surface area contributed by atoms with E-state index in [4.69, 9.17) is 5.73 Å². The quantitative estimate of drug-likeness (QED) is 0.832. The fourth-order valence-electron chi connectivity index (χ4n) is 1.87. The van der Waals surface area contributed by atoms with E-state index in [1.807, 2.05) is 29.1 Å². The van der Waals surface area contributed by atoms with Crippen LogP contribution >= 0.6 is 0 Å². The number of nitrogens with one attached hydrogen (secondary N) is 1. The van der Waals surface area contributed by atoms with Gasteiger partial charge >= 0.3 is 0 Å². The molecule has 0 unspecified atom stereocenters. The molecule has 1 aromatic heterocycles. The van der Waals surface area contributed by atoms with E-state index in [9.17, 15) is 4.79 Å². The third-order valence-electron chi connectivity index (χ3n) is 2.88. The maximum atomic E-state index is 11.0. The van der Waals surface area contributed by atoms with Gasteiger partial charge in [0.05, 0.1) is 12.2 Å². The summed E-state index contributed by atoms with van der Waals surface area (Å²) in [4.78, 5) is 11.0. The number of anilines is 1. The van der Waals surface area contributed by atoms with Gasteiger partial charge in [-0.1, -0.05) is 6.92 Å². The van der Waals surface area contributed by atoms with E-state index in [2.05, 4.69) is 17.3 Å². The highest BCUT2D eigenvalue weighted by atomic mass is 16.1. The predicted molar refractivity (Wildman–Crippen MR) is 74.8 cm³/mol. The highest BCUT2D eigenvalue weighted by Gasteiger charge is 2.02. The summed E-state index contributed by atoms with van der Waals surface area (Å²) in [5.41, 5.74) is 7.81. The van der Waals surface area contributed by atoms with Gasteiger partial charge in [-0.05, 0) is 36.8 Å². The second-order valence-electron chi connectivity index (χ2n) is 4.34. The van der Waals surface area contributed by atoms with Crippen LogP contribution < -0.4 is 11.1 Å². The zero-order chi connectivity index (χ0) is 13.7. The molecule has 100 valence electrons. The van der Waals surface area contributed by atoms with Gasteiger partial charge in [0, 0.05) is 24.0 Å². The van der Waals surface area contributed by atoms with Crippen LogP contribution in [0.25, 0.3) is 0 Å². The van der Waals surface area contributed by atoms with Gasteiger partial charge in [-0.15, -0.1) is 0 Å². The summed E-state index contributed by atoms with van der Waals surface area (Å²) >= 11 is 0. The number of amides is 1. The lowest BCUT2D eigenvalue weighted by atomic mass is 10.2. The third-order valence-corrected chi connectivity index (χ3v) is 2.88. The normalized spacial score (nSPS) is 10.4. The molecule has 0 aliphatic rings. The van der Waals surface area contributed by atoms with Gasteiger partial charge in [0.15, 0.2) is 0 Å². The summed E-state index contributed by atoms with van der Waals surface area (Å²) < 4.78 is 1.99. The number of hydrogen-bond donors (Lipinski definition) is 2. The highest BCUT2D eigenvalue weighted by Crippen LogP contribution is 2.11. The van der Waals surface area contributed by atoms with Crippen LogP contribution in [0.2, 0.25) is 0 Å². The molecule has 2 aromatic rings. The first-order valence-electron chi connectivity index (χ1n) is 6.35. The molecule has 0 aliphatic carbocycles. The van der Waals surface area contributed by atoms with Crippen molar-refractivity contribution in [3.8, 4) is 0 Å². The lowest BCUT2D eigenvalue weighted by Gasteiger charge is -2.09. The Hall–Kier alpha value is -2.30. The molecule has 0 saturated heterocycles. The average molecular weight is 258 g/mol. The van der Waals surface area contributed by atoms with Gasteiger partial charge in [0.2, 0.25) is 5.91 Å². The summed E-state index contributed by atoms with van der Waals surface area (Å²) in [5.74, 6) is -0.410. The van der Waals surface area contributed by atoms with Gasteiger partial charge < -0.3 is 11.1 Å². The Morgan fingerprint density at radius 3 is 2.68 bits per heavy atom. The number of hydrogen-bond acceptors (Lipinski definition) is 3. The molecule has 19 heavy (non-hydrogen) atoms. The van der Waals surface area contributed by atoms with Crippen LogP contribution in [0.4, 0.5) is 5.69 Å². The molecule has 3 N–H and O–H groups in total. The Morgan fingerprint density at radius 1 is 1.32 bits per heavy atom. The van der Waals surface area contributed by atoms with Crippen LogP contribution in [-0.4, -0.2) is 15.7 Å². The predicted octanol–water partition coefficient (Wildman–Crippen LogP) is 2.00. The Kier molecular flexibility index (Phi) is 4.18. The molecular formula is C14H18N4O. The topological polar surface area (TPSA) is 72.9 Å². The summed E-state index contributed by atoms with van der Waals surface area (Å²) in [5, 5.41) is 7.57. The molecule has 5 nitrogen and oxygen atoms in total. The number of nitrogens with two attached hydrogens (primary N) is 1. The lowest BCUT2D eigenvalue weighted by Crippen LogP contribution is -2.11. The van der Waals surface area contributed by atoms with Gasteiger partial charge in [0.25, 0.3) is 0 Å². The van der Waals surface area contributed by atoms with Crippen LogP contribution in [0.5, 0.6) is 0 Å². The molecule has 1 amide bonds. The summed E-state index contributed by atoms with van der Waals surface area (Å²) in [7, 11) is 0. The largest absolute Gasteiger partial charge is 0.379 e. The van der Waals surface area contributed by atoms with E-state index in [0.717, 1.165) is 24.3 Å². The van der Waals surface area contributed by atoms with E-state index < -0.39 is 5.91 Å². The molecule has 0 fully saturated rings. The summed E-state index contributed by atoms with van der Waals surface area (Å²) in [6, 6.07) is 9.13. The van der Waals surface area contributed by atoms with Crippen molar-refractivity contribution in [2.24, 2.45) is 5.73 Å². The Balaban J connectivity index is 1.98. The van der Waals surface area contributed by atoms with Gasteiger partial charge in [-0.3, -0.25) is 9.48 Å². The number of benzene rings is 1. The number of carbonyl (C=O) groups is 1. The molecule has 0 radical (unpaired) electrons. The van der Waals surface area contributed by atoms with Crippen molar-refractivity contribution < 1.29 is 4.79 Å². The van der Waals surface area contributed by atoms with Crippen molar-refractivity contribution in [2.75, 3.05) is 5.32 Å². The SMILES string of the molecule is CCCn1nccc1CNc1ccc(C(N)=O)cc1. The third kappa shape index (κ3) is 3.34. The van der Waals surface area contributed by atoms with Crippen molar-refractivity contribution in [3.05, 3.63) is 47.8 Å². The van der Waals surface area contributed by atoms with Crippen molar-refractivity contribution in [2.45, 2.75) is 26.4 Å². The standard InChI is InChI=1S/C14H18N4O/c1-2-9-18-13(7-8-17-18)10-16-12-5-3-11(4-6-12)14(15)19/h3-8,16H,2,9-10H2,1H3,(H2,15,19). The number of carbonyl (C=O) groups excluding carboxylic acids is 1. The fourth-order valence-corrected chi connectivity index (χ4v) is 1.87. The van der Waals surface area contributed by atoms with Crippen LogP contribution in [0.1, 0.15) is 29.4 Å². The first-order chi connectivity index (χ1) is 9.20. The average Bonchev–Trinajstić information content (AvgIpc) is 2.85. The smallest absolute Gasteiger partial charge is 0.248 e. The molecule has 0 saturated carbocycles. The number of aromatic nitrogens is 2. The first-order valence-corrected chi connectivity index (χ1v) is 6.35. The van der Waals surface area contributed by atoms with Gasteiger partial charge in [-0.25, -0.2) is 0 Å². The van der Waals surface area contributed by atoms with Crippen molar-refractivity contribution in [1.82, 2.24) is 9.78 Å². The van der Waals surface area contributed by atoms with Crippen molar-refractivity contribution in [3.63, 3.8) is 0 Å². The minimum Gasteiger partial charge on any atom is -0.379 e. The zero-order valence-electron chi connectivity index (χ0n) is 11.0. The number of nitrogens with zero attached hydrogens (tertiary/aromatic N) is 2. The Morgan fingerprint density at radius 2 is 2.05 bits per heavy atom. The molecular weight excluding hydrogens is 240 g/mol. The summed E-state index contributed by atoms with van der Waals surface area (Å²) in [6.07, 6.45) is 2.87. The van der Waals surface area contributed by atoms with E-state index in [1.54, 1.807) is 12.1 Å². The van der Waals surface area contributed by atoms with Crippen LogP contribution in [0.15, 0.2) is 36.5 Å². The lowest BCUT2D eigenvalue weighted by molar-refractivity contribution is 0.100. The maximum Gasteiger partial charge on any atom is 0.248 e. The van der Waals surface area contributed by atoms with E-state index in [-0.39, 0.29) is 0 Å². The minimum atomic E-state index is -0.410. The molecule has 1 aromatic carbocycles. The van der Waals surface area contributed by atoms with Gasteiger partial charge in [-0.2, -0.15) is 5.10 Å². The first kappa shape index (κ1) is 13.1. The Bertz CT molecular complexity index is 545. The highest BCUT2D eigenvalue weighted by molar-refractivity contribution is 5.93. The number of primary amides is 1. The molecule has 2 rings (SSSR count). The van der Waals surface area contributed by atoms with Gasteiger partial charge in [0.1, 0.15) is 0 Å². The molecule has 0 aliphatic heterocycles. The maximum absolute atomic E-state index is 11.0. The van der Waals surface area contributed by atoms with E-state index in [1.165, 1.54) is 0 Å². The van der Waals surface area contributed by atoms with Crippen LogP contribution in [-0.2, 0) is 13.1 Å². The summed E-state index contributed by atoms with van der Waals surface area (Å²) in [6.45, 7) is 3.75. The Labute approximate surface area is 112 Å². The van der Waals surface area contributed by atoms with Crippen molar-refractivity contribution >= 4 is 11.6 Å². The van der Waals surface area contributed by atoms with E-state index >= 15 is 0 Å². The molecule has 5 heteroatoms. The number of rotatable bonds is 6. The minimum absolute atomic E-state index is 0.410. The second-order valence-corrected chi connectivity index (χ2v) is 4.34. The molecule has 0 atom stereocenters. The fraction of sp³-hybridized carbons (Fsp3) is 0.286. The zero-order valence-corrected chi connectivity index (χ0v) is 11.0. The molecule has 0 bridgehead atoms. The van der Waals surface area contributed by atoms with Crippen molar-refractivity contribution in [1.29, 1.82) is 0 Å².